The summed E-state index contributed by atoms with van der Waals surface area (Å²) in [7, 11) is 0. The first-order chi connectivity index (χ1) is 6.24. The van der Waals surface area contributed by atoms with E-state index < -0.39 is 0 Å². The van der Waals surface area contributed by atoms with E-state index in [-0.39, 0.29) is 0 Å². The van der Waals surface area contributed by atoms with Crippen LogP contribution in [-0.2, 0) is 0 Å². The Morgan fingerprint density at radius 1 is 1.62 bits per heavy atom. The minimum atomic E-state index is 0.492. The van der Waals surface area contributed by atoms with Crippen molar-refractivity contribution < 1.29 is 0 Å². The lowest BCUT2D eigenvalue weighted by Gasteiger charge is -2.31. The molecular weight excluding hydrogens is 218 g/mol. The molecule has 1 fully saturated rings. The van der Waals surface area contributed by atoms with E-state index in [0.29, 0.717) is 5.92 Å². The fourth-order valence-electron chi connectivity index (χ4n) is 1.73. The zero-order valence-corrected chi connectivity index (χ0v) is 9.90. The standard InChI is InChI=1S/C9H11NS3/c1-2-10-8(11)5-7-6(9(10)12)3-4-13-7/h5-6H,2-4H2,1H3/t6-/m1/s1. The average Bonchev–Trinajstić information content (AvgIpc) is 2.53. The predicted octanol–water partition coefficient (Wildman–Crippen LogP) is 2.61. The molecule has 0 spiro atoms. The van der Waals surface area contributed by atoms with Gasteiger partial charge in [0.2, 0.25) is 0 Å². The van der Waals surface area contributed by atoms with Crippen molar-refractivity contribution in [2.45, 2.75) is 13.3 Å². The van der Waals surface area contributed by atoms with E-state index in [9.17, 15) is 0 Å². The van der Waals surface area contributed by atoms with Crippen molar-refractivity contribution >= 4 is 46.2 Å². The summed E-state index contributed by atoms with van der Waals surface area (Å²) in [5.74, 6) is 1.68. The number of thiocarbonyl (C=S) groups is 2. The number of nitrogens with zero attached hydrogens (tertiary/aromatic N) is 1. The molecule has 0 unspecified atom stereocenters. The fraction of sp³-hybridized carbons (Fsp3) is 0.556. The first kappa shape index (κ1) is 9.62. The first-order valence-electron chi connectivity index (χ1n) is 4.43. The minimum Gasteiger partial charge on any atom is -0.327 e. The van der Waals surface area contributed by atoms with Gasteiger partial charge in [-0.25, -0.2) is 0 Å². The van der Waals surface area contributed by atoms with Crippen LogP contribution in [0.5, 0.6) is 0 Å². The van der Waals surface area contributed by atoms with Crippen molar-refractivity contribution in [3.05, 3.63) is 11.0 Å². The van der Waals surface area contributed by atoms with Crippen molar-refractivity contribution in [2.24, 2.45) is 5.92 Å². The first-order valence-corrected chi connectivity index (χ1v) is 6.24. The van der Waals surface area contributed by atoms with Crippen LogP contribution in [0.15, 0.2) is 11.0 Å². The summed E-state index contributed by atoms with van der Waals surface area (Å²) in [6.45, 7) is 3.00. The summed E-state index contributed by atoms with van der Waals surface area (Å²) in [5.41, 5.74) is 0. The maximum atomic E-state index is 5.43. The van der Waals surface area contributed by atoms with Gasteiger partial charge in [-0.05, 0) is 30.1 Å². The van der Waals surface area contributed by atoms with Crippen LogP contribution in [0.2, 0.25) is 0 Å². The van der Waals surface area contributed by atoms with Gasteiger partial charge in [0, 0.05) is 12.5 Å². The lowest BCUT2D eigenvalue weighted by Crippen LogP contribution is -2.40. The van der Waals surface area contributed by atoms with Gasteiger partial charge in [-0.15, -0.1) is 11.8 Å². The summed E-state index contributed by atoms with van der Waals surface area (Å²) in [6.07, 6.45) is 3.31. The molecule has 4 heteroatoms. The van der Waals surface area contributed by atoms with Crippen LogP contribution in [0, 0.1) is 5.92 Å². The lowest BCUT2D eigenvalue weighted by atomic mass is 10.0. The maximum absolute atomic E-state index is 5.43. The molecule has 0 aromatic carbocycles. The number of rotatable bonds is 1. The van der Waals surface area contributed by atoms with Gasteiger partial charge >= 0.3 is 0 Å². The zero-order valence-electron chi connectivity index (χ0n) is 7.45. The van der Waals surface area contributed by atoms with Gasteiger partial charge in [0.1, 0.15) is 4.99 Å². The van der Waals surface area contributed by atoms with Crippen LogP contribution in [0.1, 0.15) is 13.3 Å². The van der Waals surface area contributed by atoms with Gasteiger partial charge in [-0.2, -0.15) is 0 Å². The highest BCUT2D eigenvalue weighted by Gasteiger charge is 2.33. The average molecular weight is 229 g/mol. The van der Waals surface area contributed by atoms with Crippen molar-refractivity contribution in [1.29, 1.82) is 0 Å². The predicted molar refractivity (Wildman–Crippen MR) is 66.2 cm³/mol. The van der Waals surface area contributed by atoms with Crippen LogP contribution in [0.25, 0.3) is 0 Å². The Morgan fingerprint density at radius 3 is 3.08 bits per heavy atom. The van der Waals surface area contributed by atoms with E-state index in [0.717, 1.165) is 16.5 Å². The Balaban J connectivity index is 2.33. The maximum Gasteiger partial charge on any atom is 0.107 e. The van der Waals surface area contributed by atoms with Gasteiger partial charge < -0.3 is 4.90 Å². The quantitative estimate of drug-likeness (QED) is 0.636. The highest BCUT2D eigenvalue weighted by atomic mass is 32.2. The van der Waals surface area contributed by atoms with E-state index in [4.69, 9.17) is 24.4 Å². The number of likely N-dealkylation sites (N-methyl/N-ethyl adjacent to an activating group) is 1. The molecule has 0 aromatic rings. The van der Waals surface area contributed by atoms with Crippen LogP contribution < -0.4 is 0 Å². The van der Waals surface area contributed by atoms with E-state index >= 15 is 0 Å². The molecule has 0 saturated carbocycles. The molecule has 0 bridgehead atoms. The Kier molecular flexibility index (Phi) is 2.72. The molecule has 70 valence electrons. The number of hydrogen-bond donors (Lipinski definition) is 0. The SMILES string of the molecule is CCN1C(=S)C=C2SCC[C@H]2C1=S. The van der Waals surface area contributed by atoms with Gasteiger partial charge in [0.25, 0.3) is 0 Å². The summed E-state index contributed by atoms with van der Waals surface area (Å²) in [6, 6.07) is 0. The summed E-state index contributed by atoms with van der Waals surface area (Å²) in [4.78, 5) is 5.40. The second-order valence-electron chi connectivity index (χ2n) is 3.16. The fourth-order valence-corrected chi connectivity index (χ4v) is 3.98. The van der Waals surface area contributed by atoms with Crippen molar-refractivity contribution in [1.82, 2.24) is 4.90 Å². The monoisotopic (exact) mass is 229 g/mol. The Hall–Kier alpha value is 0.0700. The van der Waals surface area contributed by atoms with E-state index in [1.54, 1.807) is 0 Å². The highest BCUT2D eigenvalue weighted by Crippen LogP contribution is 2.40. The molecule has 0 radical (unpaired) electrons. The third-order valence-electron chi connectivity index (χ3n) is 2.43. The molecule has 1 nitrogen and oxygen atoms in total. The summed E-state index contributed by atoms with van der Waals surface area (Å²) >= 11 is 12.6. The van der Waals surface area contributed by atoms with Crippen molar-refractivity contribution in [3.63, 3.8) is 0 Å². The van der Waals surface area contributed by atoms with Gasteiger partial charge in [0.05, 0.1) is 4.99 Å². The van der Waals surface area contributed by atoms with Crippen LogP contribution in [0.4, 0.5) is 0 Å². The van der Waals surface area contributed by atoms with Crippen molar-refractivity contribution in [3.8, 4) is 0 Å². The molecular formula is C9H11NS3. The normalized spacial score (nSPS) is 27.6. The molecule has 2 aliphatic heterocycles. The van der Waals surface area contributed by atoms with E-state index in [1.165, 1.54) is 17.1 Å². The molecule has 13 heavy (non-hydrogen) atoms. The molecule has 2 aliphatic rings. The smallest absolute Gasteiger partial charge is 0.107 e. The second-order valence-corrected chi connectivity index (χ2v) is 5.16. The Morgan fingerprint density at radius 2 is 2.38 bits per heavy atom. The number of hydrogen-bond acceptors (Lipinski definition) is 3. The third kappa shape index (κ3) is 1.55. The topological polar surface area (TPSA) is 3.24 Å². The molecule has 1 saturated heterocycles. The molecule has 1 atom stereocenters. The largest absolute Gasteiger partial charge is 0.327 e. The second kappa shape index (κ2) is 3.67. The minimum absolute atomic E-state index is 0.492. The van der Waals surface area contributed by atoms with Gasteiger partial charge in [-0.1, -0.05) is 24.4 Å². The molecule has 0 N–H and O–H groups in total. The van der Waals surface area contributed by atoms with Crippen LogP contribution in [0.3, 0.4) is 0 Å². The van der Waals surface area contributed by atoms with E-state index in [2.05, 4.69) is 17.9 Å². The number of fused-ring (bicyclic) bond motifs is 1. The van der Waals surface area contributed by atoms with Crippen molar-refractivity contribution in [2.75, 3.05) is 12.3 Å². The lowest BCUT2D eigenvalue weighted by molar-refractivity contribution is 0.612. The summed E-state index contributed by atoms with van der Waals surface area (Å²) in [5, 5.41) is 0. The van der Waals surface area contributed by atoms with Crippen LogP contribution in [-0.4, -0.2) is 27.2 Å². The Labute approximate surface area is 93.6 Å². The van der Waals surface area contributed by atoms with E-state index in [1.807, 2.05) is 11.8 Å². The third-order valence-corrected chi connectivity index (χ3v) is 4.45. The van der Waals surface area contributed by atoms with Crippen LogP contribution >= 0.6 is 36.2 Å². The molecule has 0 amide bonds. The van der Waals surface area contributed by atoms with Gasteiger partial charge in [0.15, 0.2) is 0 Å². The molecule has 2 heterocycles. The molecule has 0 aliphatic carbocycles. The molecule has 0 aromatic heterocycles. The highest BCUT2D eigenvalue weighted by molar-refractivity contribution is 8.03. The number of thioether (sulfide) groups is 1. The zero-order chi connectivity index (χ0) is 9.42. The Bertz CT molecular complexity index is 295. The molecule has 2 rings (SSSR count). The summed E-state index contributed by atoms with van der Waals surface area (Å²) < 4.78 is 0. The van der Waals surface area contributed by atoms with Gasteiger partial charge in [-0.3, -0.25) is 0 Å².